The summed E-state index contributed by atoms with van der Waals surface area (Å²) in [5.41, 5.74) is 0. The lowest BCUT2D eigenvalue weighted by Gasteiger charge is -2.17. The third-order valence-electron chi connectivity index (χ3n) is 3.41. The van der Waals surface area contributed by atoms with Gasteiger partial charge in [-0.2, -0.15) is 0 Å². The van der Waals surface area contributed by atoms with Crippen LogP contribution in [0.1, 0.15) is 19.3 Å². The molecule has 0 aromatic rings. The van der Waals surface area contributed by atoms with E-state index >= 15 is 0 Å². The standard InChI is InChI=1S/C12H21NO4/c1-15-6-4-13-5-7-16-12(14)10-8-9-2-3-11(10)17-9/h9-11,13H,2-8H2,1H3. The average Bonchev–Trinajstić information content (AvgIpc) is 2.95. The molecule has 5 nitrogen and oxygen atoms in total. The van der Waals surface area contributed by atoms with Gasteiger partial charge in [-0.1, -0.05) is 0 Å². The molecule has 0 amide bonds. The zero-order valence-corrected chi connectivity index (χ0v) is 10.3. The lowest BCUT2D eigenvalue weighted by atomic mass is 9.89. The Morgan fingerprint density at radius 3 is 2.82 bits per heavy atom. The molecule has 1 N–H and O–H groups in total. The molecule has 5 heteroatoms. The minimum atomic E-state index is -0.0919. The van der Waals surface area contributed by atoms with Crippen molar-refractivity contribution in [2.24, 2.45) is 5.92 Å². The van der Waals surface area contributed by atoms with Gasteiger partial charge < -0.3 is 19.5 Å². The van der Waals surface area contributed by atoms with Crippen LogP contribution in [0.3, 0.4) is 0 Å². The van der Waals surface area contributed by atoms with Gasteiger partial charge in [0.15, 0.2) is 0 Å². The van der Waals surface area contributed by atoms with E-state index in [1.54, 1.807) is 7.11 Å². The van der Waals surface area contributed by atoms with Crippen molar-refractivity contribution in [2.45, 2.75) is 31.5 Å². The normalized spacial score (nSPS) is 30.8. The fourth-order valence-electron chi connectivity index (χ4n) is 2.52. The van der Waals surface area contributed by atoms with Crippen molar-refractivity contribution in [1.29, 1.82) is 0 Å². The molecule has 3 unspecified atom stereocenters. The second-order valence-corrected chi connectivity index (χ2v) is 4.63. The van der Waals surface area contributed by atoms with Crippen molar-refractivity contribution < 1.29 is 19.0 Å². The highest BCUT2D eigenvalue weighted by molar-refractivity contribution is 5.73. The predicted octanol–water partition coefficient (Wildman–Crippen LogP) is 0.333. The Hall–Kier alpha value is -0.650. The molecule has 0 saturated carbocycles. The molecule has 0 radical (unpaired) electrons. The summed E-state index contributed by atoms with van der Waals surface area (Å²) in [6, 6.07) is 0. The van der Waals surface area contributed by atoms with Crippen LogP contribution in [0.25, 0.3) is 0 Å². The topological polar surface area (TPSA) is 56.8 Å². The van der Waals surface area contributed by atoms with Gasteiger partial charge in [-0.25, -0.2) is 0 Å². The molecule has 2 saturated heterocycles. The number of nitrogens with one attached hydrogen (secondary N) is 1. The molecule has 2 fully saturated rings. The Balaban J connectivity index is 1.55. The summed E-state index contributed by atoms with van der Waals surface area (Å²) in [6.45, 7) is 2.56. The van der Waals surface area contributed by atoms with Crippen molar-refractivity contribution in [3.05, 3.63) is 0 Å². The van der Waals surface area contributed by atoms with E-state index in [9.17, 15) is 4.79 Å². The molecule has 17 heavy (non-hydrogen) atoms. The summed E-state index contributed by atoms with van der Waals surface area (Å²) in [5.74, 6) is -0.113. The largest absolute Gasteiger partial charge is 0.464 e. The molecule has 2 bridgehead atoms. The number of hydrogen-bond acceptors (Lipinski definition) is 5. The van der Waals surface area contributed by atoms with E-state index in [1.807, 2.05) is 0 Å². The van der Waals surface area contributed by atoms with Crippen LogP contribution in [0.5, 0.6) is 0 Å². The number of methoxy groups -OCH3 is 1. The average molecular weight is 243 g/mol. The molecule has 3 atom stereocenters. The Bertz CT molecular complexity index is 259. The van der Waals surface area contributed by atoms with Crippen LogP contribution < -0.4 is 5.32 Å². The fourth-order valence-corrected chi connectivity index (χ4v) is 2.52. The number of carbonyl (C=O) groups is 1. The number of fused-ring (bicyclic) bond motifs is 2. The minimum absolute atomic E-state index is 0.0206. The van der Waals surface area contributed by atoms with E-state index in [0.29, 0.717) is 25.9 Å². The Morgan fingerprint density at radius 2 is 2.18 bits per heavy atom. The number of esters is 1. The summed E-state index contributed by atoms with van der Waals surface area (Å²) in [5, 5.41) is 3.13. The van der Waals surface area contributed by atoms with Gasteiger partial charge in [0.2, 0.25) is 0 Å². The van der Waals surface area contributed by atoms with E-state index < -0.39 is 0 Å². The summed E-state index contributed by atoms with van der Waals surface area (Å²) < 4.78 is 15.8. The van der Waals surface area contributed by atoms with Gasteiger partial charge in [-0.15, -0.1) is 0 Å². The maximum absolute atomic E-state index is 11.8. The molecule has 98 valence electrons. The van der Waals surface area contributed by atoms with E-state index in [4.69, 9.17) is 14.2 Å². The van der Waals surface area contributed by atoms with E-state index in [1.165, 1.54) is 0 Å². The van der Waals surface area contributed by atoms with Gasteiger partial charge in [0.1, 0.15) is 6.61 Å². The van der Waals surface area contributed by atoms with E-state index in [0.717, 1.165) is 25.8 Å². The monoisotopic (exact) mass is 243 g/mol. The number of hydrogen-bond donors (Lipinski definition) is 1. The summed E-state index contributed by atoms with van der Waals surface area (Å²) in [6.07, 6.45) is 3.38. The highest BCUT2D eigenvalue weighted by atomic mass is 16.5. The Kier molecular flexibility index (Phi) is 4.76. The van der Waals surface area contributed by atoms with E-state index in [-0.39, 0.29) is 18.0 Å². The smallest absolute Gasteiger partial charge is 0.311 e. The molecule has 2 aliphatic heterocycles. The molecule has 0 aromatic heterocycles. The summed E-state index contributed by atoms with van der Waals surface area (Å²) >= 11 is 0. The quantitative estimate of drug-likeness (QED) is 0.516. The maximum Gasteiger partial charge on any atom is 0.311 e. The molecule has 2 rings (SSSR count). The van der Waals surface area contributed by atoms with Gasteiger partial charge in [-0.3, -0.25) is 4.79 Å². The molecule has 0 aromatic carbocycles. The Morgan fingerprint density at radius 1 is 1.35 bits per heavy atom. The van der Waals surface area contributed by atoms with Crippen LogP contribution in [0, 0.1) is 5.92 Å². The fraction of sp³-hybridized carbons (Fsp3) is 0.917. The minimum Gasteiger partial charge on any atom is -0.464 e. The van der Waals surface area contributed by atoms with Gasteiger partial charge in [0, 0.05) is 20.2 Å². The highest BCUT2D eigenvalue weighted by Crippen LogP contribution is 2.39. The lowest BCUT2D eigenvalue weighted by Crippen LogP contribution is -2.30. The first-order chi connectivity index (χ1) is 8.31. The number of carbonyl (C=O) groups excluding carboxylic acids is 1. The molecule has 2 aliphatic rings. The number of ether oxygens (including phenoxy) is 3. The van der Waals surface area contributed by atoms with Crippen LogP contribution in [-0.4, -0.2) is 51.6 Å². The van der Waals surface area contributed by atoms with Crippen molar-refractivity contribution in [1.82, 2.24) is 5.32 Å². The molecule has 2 heterocycles. The van der Waals surface area contributed by atoms with Crippen molar-refractivity contribution >= 4 is 5.97 Å². The zero-order valence-electron chi connectivity index (χ0n) is 10.3. The first-order valence-electron chi connectivity index (χ1n) is 6.33. The molecular formula is C12H21NO4. The van der Waals surface area contributed by atoms with Crippen LogP contribution in [0.4, 0.5) is 0 Å². The van der Waals surface area contributed by atoms with Crippen LogP contribution in [0.2, 0.25) is 0 Å². The zero-order chi connectivity index (χ0) is 12.1. The van der Waals surface area contributed by atoms with Crippen molar-refractivity contribution in [3.8, 4) is 0 Å². The third-order valence-corrected chi connectivity index (χ3v) is 3.41. The van der Waals surface area contributed by atoms with Crippen LogP contribution in [0.15, 0.2) is 0 Å². The second-order valence-electron chi connectivity index (χ2n) is 4.63. The van der Waals surface area contributed by atoms with Gasteiger partial charge in [0.25, 0.3) is 0 Å². The second kappa shape index (κ2) is 6.33. The van der Waals surface area contributed by atoms with Crippen molar-refractivity contribution in [3.63, 3.8) is 0 Å². The third kappa shape index (κ3) is 3.40. The lowest BCUT2D eigenvalue weighted by molar-refractivity contribution is -0.150. The highest BCUT2D eigenvalue weighted by Gasteiger charge is 2.45. The van der Waals surface area contributed by atoms with Crippen molar-refractivity contribution in [2.75, 3.05) is 33.4 Å². The van der Waals surface area contributed by atoms with Gasteiger partial charge >= 0.3 is 5.97 Å². The maximum atomic E-state index is 11.8. The summed E-state index contributed by atoms with van der Waals surface area (Å²) in [4.78, 5) is 11.8. The first kappa shape index (κ1) is 12.8. The van der Waals surface area contributed by atoms with E-state index in [2.05, 4.69) is 5.32 Å². The first-order valence-corrected chi connectivity index (χ1v) is 6.33. The molecule has 0 aliphatic carbocycles. The van der Waals surface area contributed by atoms with Gasteiger partial charge in [0.05, 0.1) is 24.7 Å². The van der Waals surface area contributed by atoms with Gasteiger partial charge in [-0.05, 0) is 19.3 Å². The number of rotatable bonds is 7. The summed E-state index contributed by atoms with van der Waals surface area (Å²) in [7, 11) is 1.66. The molecule has 0 spiro atoms. The predicted molar refractivity (Wildman–Crippen MR) is 61.7 cm³/mol. The van der Waals surface area contributed by atoms with Crippen LogP contribution >= 0.6 is 0 Å². The SMILES string of the molecule is COCCNCCOC(=O)C1CC2CCC1O2. The Labute approximate surface area is 102 Å². The van der Waals surface area contributed by atoms with Crippen LogP contribution in [-0.2, 0) is 19.0 Å². The molecular weight excluding hydrogens is 222 g/mol.